The molecule has 1 saturated heterocycles. The number of nitro groups is 1. The van der Waals surface area contributed by atoms with Crippen molar-refractivity contribution < 1.29 is 29.1 Å². The Morgan fingerprint density at radius 1 is 1.38 bits per heavy atom. The van der Waals surface area contributed by atoms with Crippen LogP contribution in [-0.4, -0.2) is 51.3 Å². The quantitative estimate of drug-likeness (QED) is 0.574. The van der Waals surface area contributed by atoms with Gasteiger partial charge in [0.05, 0.1) is 11.5 Å². The molecule has 1 fully saturated rings. The fourth-order valence-corrected chi connectivity index (χ4v) is 2.90. The number of amides is 1. The van der Waals surface area contributed by atoms with Crippen LogP contribution in [0, 0.1) is 10.1 Å². The topological polar surface area (TPSA) is 119 Å². The predicted molar refractivity (Wildman–Crippen MR) is 94.2 cm³/mol. The summed E-state index contributed by atoms with van der Waals surface area (Å²) < 4.78 is 11.4. The smallest absolute Gasteiger partial charge is 0.411 e. The highest BCUT2D eigenvalue weighted by molar-refractivity contribution is 9.10. The van der Waals surface area contributed by atoms with Crippen LogP contribution in [0.4, 0.5) is 10.5 Å². The lowest BCUT2D eigenvalue weighted by Crippen LogP contribution is -2.43. The highest BCUT2D eigenvalue weighted by Crippen LogP contribution is 2.33. The summed E-state index contributed by atoms with van der Waals surface area (Å²) >= 11 is 3.16. The van der Waals surface area contributed by atoms with E-state index in [4.69, 9.17) is 9.47 Å². The Morgan fingerprint density at radius 2 is 2.04 bits per heavy atom. The van der Waals surface area contributed by atoms with Gasteiger partial charge in [0.25, 0.3) is 0 Å². The summed E-state index contributed by atoms with van der Waals surface area (Å²) in [6.45, 7) is 4.99. The van der Waals surface area contributed by atoms with Crippen LogP contribution in [0.15, 0.2) is 22.7 Å². The molecule has 0 aromatic heterocycles. The van der Waals surface area contributed by atoms with Gasteiger partial charge in [-0.2, -0.15) is 0 Å². The molecule has 1 amide bonds. The number of nitro benzene ring substituents is 1. The van der Waals surface area contributed by atoms with Crippen molar-refractivity contribution in [1.82, 2.24) is 4.90 Å². The van der Waals surface area contributed by atoms with Crippen molar-refractivity contribution in [3.63, 3.8) is 0 Å². The van der Waals surface area contributed by atoms with Crippen molar-refractivity contribution in [2.45, 2.75) is 44.9 Å². The van der Waals surface area contributed by atoms with E-state index in [-0.39, 0.29) is 24.4 Å². The standard InChI is InChI=1S/C16H19BrN2O7/c1-16(2,3)26-15(22)18-8-10(7-12(18)14(20)21)25-13-5-4-9(17)6-11(13)19(23)24/h4-6,10,12H,7-8H2,1-3H3,(H,20,21)/t10-,12-/m1/s1. The third-order valence-corrected chi connectivity index (χ3v) is 4.08. The minimum atomic E-state index is -1.19. The number of hydrogen-bond acceptors (Lipinski definition) is 6. The molecule has 1 aliphatic rings. The average Bonchev–Trinajstić information content (AvgIpc) is 2.91. The van der Waals surface area contributed by atoms with E-state index < -0.39 is 34.7 Å². The number of hydrogen-bond donors (Lipinski definition) is 1. The highest BCUT2D eigenvalue weighted by Gasteiger charge is 2.43. The summed E-state index contributed by atoms with van der Waals surface area (Å²) in [5.74, 6) is -1.18. The first-order valence-corrected chi connectivity index (χ1v) is 8.60. The molecular weight excluding hydrogens is 412 g/mol. The number of rotatable bonds is 4. The van der Waals surface area contributed by atoms with Crippen molar-refractivity contribution >= 4 is 33.7 Å². The van der Waals surface area contributed by atoms with Gasteiger partial charge in [0.1, 0.15) is 17.7 Å². The molecule has 1 aromatic rings. The lowest BCUT2D eigenvalue weighted by molar-refractivity contribution is -0.386. The van der Waals surface area contributed by atoms with Crippen LogP contribution in [0.25, 0.3) is 0 Å². The molecule has 1 aromatic carbocycles. The van der Waals surface area contributed by atoms with Gasteiger partial charge in [0.15, 0.2) is 5.75 Å². The monoisotopic (exact) mass is 430 g/mol. The third kappa shape index (κ3) is 4.84. The molecule has 0 unspecified atom stereocenters. The number of benzene rings is 1. The Bertz CT molecular complexity index is 732. The highest BCUT2D eigenvalue weighted by atomic mass is 79.9. The van der Waals surface area contributed by atoms with Gasteiger partial charge in [-0.3, -0.25) is 15.0 Å². The van der Waals surface area contributed by atoms with E-state index in [0.29, 0.717) is 4.47 Å². The average molecular weight is 431 g/mol. The number of likely N-dealkylation sites (tertiary alicyclic amines) is 1. The zero-order valence-electron chi connectivity index (χ0n) is 14.5. The molecule has 0 spiro atoms. The minimum absolute atomic E-state index is 0.00178. The fraction of sp³-hybridized carbons (Fsp3) is 0.500. The number of carboxylic acid groups (broad SMARTS) is 1. The van der Waals surface area contributed by atoms with Crippen molar-refractivity contribution in [2.75, 3.05) is 6.54 Å². The number of ether oxygens (including phenoxy) is 2. The molecule has 0 radical (unpaired) electrons. The van der Waals surface area contributed by atoms with Crippen molar-refractivity contribution in [2.24, 2.45) is 0 Å². The Labute approximate surface area is 158 Å². The van der Waals surface area contributed by atoms with E-state index in [2.05, 4.69) is 15.9 Å². The van der Waals surface area contributed by atoms with Crippen molar-refractivity contribution in [3.8, 4) is 5.75 Å². The van der Waals surface area contributed by atoms with Gasteiger partial charge in [0, 0.05) is 17.0 Å². The van der Waals surface area contributed by atoms with Gasteiger partial charge in [-0.1, -0.05) is 15.9 Å². The Kier molecular flexibility index (Phi) is 5.74. The Balaban J connectivity index is 2.19. The van der Waals surface area contributed by atoms with Gasteiger partial charge in [-0.15, -0.1) is 0 Å². The van der Waals surface area contributed by atoms with Crippen LogP contribution in [-0.2, 0) is 9.53 Å². The van der Waals surface area contributed by atoms with E-state index in [0.717, 1.165) is 4.90 Å². The molecule has 1 aliphatic heterocycles. The maximum atomic E-state index is 12.3. The van der Waals surface area contributed by atoms with Gasteiger partial charge in [-0.05, 0) is 32.9 Å². The molecule has 2 rings (SSSR count). The summed E-state index contributed by atoms with van der Waals surface area (Å²) in [5.41, 5.74) is -1.02. The number of nitrogens with zero attached hydrogens (tertiary/aromatic N) is 2. The van der Waals surface area contributed by atoms with Crippen LogP contribution in [0.5, 0.6) is 5.75 Å². The maximum absolute atomic E-state index is 12.3. The summed E-state index contributed by atoms with van der Waals surface area (Å²) in [4.78, 5) is 35.4. The number of carbonyl (C=O) groups excluding carboxylic acids is 1. The third-order valence-electron chi connectivity index (χ3n) is 3.59. The van der Waals surface area contributed by atoms with Gasteiger partial charge in [0.2, 0.25) is 0 Å². The summed E-state index contributed by atoms with van der Waals surface area (Å²) in [5, 5.41) is 20.6. The zero-order valence-corrected chi connectivity index (χ0v) is 16.1. The van der Waals surface area contributed by atoms with Crippen LogP contribution in [0.2, 0.25) is 0 Å². The molecule has 142 valence electrons. The molecule has 1 heterocycles. The van der Waals surface area contributed by atoms with Crippen LogP contribution in [0.1, 0.15) is 27.2 Å². The largest absolute Gasteiger partial charge is 0.482 e. The van der Waals surface area contributed by atoms with Gasteiger partial charge in [-0.25, -0.2) is 9.59 Å². The second kappa shape index (κ2) is 7.48. The molecule has 9 nitrogen and oxygen atoms in total. The van der Waals surface area contributed by atoms with E-state index in [1.54, 1.807) is 26.8 Å². The van der Waals surface area contributed by atoms with Crippen molar-refractivity contribution in [1.29, 1.82) is 0 Å². The van der Waals surface area contributed by atoms with E-state index >= 15 is 0 Å². The molecule has 0 aliphatic carbocycles. The first kappa shape index (κ1) is 20.0. The maximum Gasteiger partial charge on any atom is 0.411 e. The van der Waals surface area contributed by atoms with Crippen LogP contribution in [0.3, 0.4) is 0 Å². The minimum Gasteiger partial charge on any atom is -0.482 e. The number of carbonyl (C=O) groups is 2. The molecular formula is C16H19BrN2O7. The van der Waals surface area contributed by atoms with Gasteiger partial charge >= 0.3 is 17.7 Å². The second-order valence-corrected chi connectivity index (χ2v) is 7.75. The van der Waals surface area contributed by atoms with Gasteiger partial charge < -0.3 is 14.6 Å². The molecule has 26 heavy (non-hydrogen) atoms. The first-order chi connectivity index (χ1) is 12.0. The number of halogens is 1. The second-order valence-electron chi connectivity index (χ2n) is 6.83. The molecule has 0 bridgehead atoms. The Hall–Kier alpha value is -2.36. The van der Waals surface area contributed by atoms with Crippen molar-refractivity contribution in [3.05, 3.63) is 32.8 Å². The van der Waals surface area contributed by atoms with E-state index in [1.165, 1.54) is 12.1 Å². The molecule has 10 heteroatoms. The predicted octanol–water partition coefficient (Wildman–Crippen LogP) is 3.20. The SMILES string of the molecule is CC(C)(C)OC(=O)N1C[C@H](Oc2ccc(Br)cc2[N+](=O)[O-])C[C@@H]1C(=O)O. The first-order valence-electron chi connectivity index (χ1n) is 7.81. The molecule has 1 N–H and O–H groups in total. The zero-order chi connectivity index (χ0) is 19.6. The summed E-state index contributed by atoms with van der Waals surface area (Å²) in [7, 11) is 0. The molecule has 2 atom stereocenters. The number of aliphatic carboxylic acids is 1. The summed E-state index contributed by atoms with van der Waals surface area (Å²) in [6.07, 6.45) is -1.47. The van der Waals surface area contributed by atoms with Crippen LogP contribution >= 0.6 is 15.9 Å². The normalized spacial score (nSPS) is 19.9. The molecule has 0 saturated carbocycles. The lowest BCUT2D eigenvalue weighted by Gasteiger charge is -2.26. The fourth-order valence-electron chi connectivity index (χ4n) is 2.55. The summed E-state index contributed by atoms with van der Waals surface area (Å²) in [6, 6.07) is 3.18. The van der Waals surface area contributed by atoms with E-state index in [1.807, 2.05) is 0 Å². The number of carboxylic acids is 1. The Morgan fingerprint density at radius 3 is 2.58 bits per heavy atom. The van der Waals surface area contributed by atoms with E-state index in [9.17, 15) is 24.8 Å². The van der Waals surface area contributed by atoms with Crippen LogP contribution < -0.4 is 4.74 Å². The lowest BCUT2D eigenvalue weighted by atomic mass is 10.2.